The Bertz CT molecular complexity index is 97.3. The zero-order chi connectivity index (χ0) is 7.94. The van der Waals surface area contributed by atoms with E-state index in [1.54, 1.807) is 0 Å². The summed E-state index contributed by atoms with van der Waals surface area (Å²) in [6.45, 7) is 2.73. The van der Waals surface area contributed by atoms with Gasteiger partial charge in [-0.05, 0) is 6.42 Å². The minimum Gasteiger partial charge on any atom is -0.457 e. The van der Waals surface area contributed by atoms with Crippen molar-refractivity contribution in [1.29, 1.82) is 0 Å². The molecule has 58 valence electrons. The quantitative estimate of drug-likeness (QED) is 0.418. The van der Waals surface area contributed by atoms with Crippen LogP contribution >= 0.6 is 0 Å². The van der Waals surface area contributed by atoms with E-state index < -0.39 is 7.32 Å². The second-order valence-electron chi connectivity index (χ2n) is 2.11. The monoisotopic (exact) mass is 154 g/mol. The number of rotatable bonds is 4. The summed E-state index contributed by atoms with van der Waals surface area (Å²) in [5.74, 6) is 0. The Morgan fingerprint density at radius 2 is 2.09 bits per heavy atom. The van der Waals surface area contributed by atoms with Crippen LogP contribution in [0.5, 0.6) is 0 Å². The highest BCUT2D eigenvalue weighted by molar-refractivity contribution is 6.57. The molecule has 7 heteroatoms. The van der Waals surface area contributed by atoms with E-state index in [9.17, 15) is 0 Å². The molecule has 1 aliphatic heterocycles. The van der Waals surface area contributed by atoms with Crippen molar-refractivity contribution in [3.05, 3.63) is 0 Å². The predicted molar refractivity (Wildman–Crippen MR) is 41.4 cm³/mol. The molecule has 2 radical (unpaired) electrons. The predicted octanol–water partition coefficient (Wildman–Crippen LogP) is -0.0802. The first-order valence-corrected chi connectivity index (χ1v) is 3.65. The molecule has 0 saturated carbocycles. The van der Waals surface area contributed by atoms with Crippen molar-refractivity contribution in [1.82, 2.24) is 0 Å². The van der Waals surface area contributed by atoms with Gasteiger partial charge in [-0.25, -0.2) is 0 Å². The van der Waals surface area contributed by atoms with E-state index >= 15 is 0 Å². The van der Waals surface area contributed by atoms with Gasteiger partial charge in [0, 0.05) is 6.61 Å². The molecule has 11 heavy (non-hydrogen) atoms. The fourth-order valence-corrected chi connectivity index (χ4v) is 0.612. The maximum Gasteiger partial charge on any atom is 0.610 e. The van der Waals surface area contributed by atoms with Crippen molar-refractivity contribution < 1.29 is 18.4 Å². The van der Waals surface area contributed by atoms with E-state index in [1.807, 2.05) is 0 Å². The summed E-state index contributed by atoms with van der Waals surface area (Å²) >= 11 is 0. The second kappa shape index (κ2) is 5.66. The minimum atomic E-state index is -0.629. The Morgan fingerprint density at radius 1 is 1.36 bits per heavy atom. The second-order valence-corrected chi connectivity index (χ2v) is 2.11. The van der Waals surface area contributed by atoms with Crippen LogP contribution in [0.15, 0.2) is 0 Å². The third-order valence-corrected chi connectivity index (χ3v) is 1.20. The maximum absolute atomic E-state index is 5.14. The van der Waals surface area contributed by atoms with Crippen LogP contribution in [0.25, 0.3) is 0 Å². The summed E-state index contributed by atoms with van der Waals surface area (Å²) in [4.78, 5) is 0. The normalized spacial score (nSPS) is 17.4. The van der Waals surface area contributed by atoms with Crippen molar-refractivity contribution in [2.75, 3.05) is 6.61 Å². The Kier molecular flexibility index (Phi) is 4.69. The van der Waals surface area contributed by atoms with Crippen LogP contribution in [-0.4, -0.2) is 29.3 Å². The van der Waals surface area contributed by atoms with Gasteiger partial charge in [0.15, 0.2) is 0 Å². The Balaban J connectivity index is 1.96. The molecule has 0 amide bonds. The standard InChI is InChI=1S/C4H9B3O4/c1-2-3-4-8-7-10-5-9-6-11-7/h2-4H2,1H3. The van der Waals surface area contributed by atoms with Gasteiger partial charge >= 0.3 is 22.7 Å². The van der Waals surface area contributed by atoms with Gasteiger partial charge in [0.2, 0.25) is 0 Å². The summed E-state index contributed by atoms with van der Waals surface area (Å²) < 4.78 is 19.3. The van der Waals surface area contributed by atoms with Gasteiger partial charge in [-0.1, -0.05) is 13.3 Å². The van der Waals surface area contributed by atoms with Gasteiger partial charge in [0.1, 0.15) is 0 Å². The van der Waals surface area contributed by atoms with E-state index in [1.165, 1.54) is 15.4 Å². The molecule has 1 saturated heterocycles. The fraction of sp³-hybridized carbons (Fsp3) is 1.00. The van der Waals surface area contributed by atoms with Crippen molar-refractivity contribution in [3.8, 4) is 0 Å². The molecule has 0 atom stereocenters. The molecule has 0 aromatic rings. The molecule has 0 aromatic heterocycles. The molecule has 0 bridgehead atoms. The highest BCUT2D eigenvalue weighted by Gasteiger charge is 2.26. The van der Waals surface area contributed by atoms with Crippen LogP contribution in [-0.2, 0) is 18.4 Å². The lowest BCUT2D eigenvalue weighted by Gasteiger charge is -2.17. The number of hydrogen-bond donors (Lipinski definition) is 0. The van der Waals surface area contributed by atoms with Crippen molar-refractivity contribution in [2.24, 2.45) is 0 Å². The molecular formula is C4H9B3O4. The molecule has 0 aromatic carbocycles. The van der Waals surface area contributed by atoms with Crippen molar-refractivity contribution in [2.45, 2.75) is 19.8 Å². The molecule has 1 aliphatic rings. The Morgan fingerprint density at radius 3 is 2.73 bits per heavy atom. The smallest absolute Gasteiger partial charge is 0.457 e. The van der Waals surface area contributed by atoms with Gasteiger partial charge in [-0.2, -0.15) is 0 Å². The van der Waals surface area contributed by atoms with Crippen LogP contribution in [0.4, 0.5) is 0 Å². The lowest BCUT2D eigenvalue weighted by Crippen LogP contribution is -2.37. The van der Waals surface area contributed by atoms with Crippen LogP contribution < -0.4 is 0 Å². The molecule has 0 spiro atoms. The summed E-state index contributed by atoms with van der Waals surface area (Å²) in [5, 5.41) is 0. The van der Waals surface area contributed by atoms with Gasteiger partial charge < -0.3 is 18.4 Å². The van der Waals surface area contributed by atoms with Crippen LogP contribution in [0, 0.1) is 0 Å². The SMILES string of the molecule is CCCCOB1O[B]O[B]O1. The highest BCUT2D eigenvalue weighted by atomic mass is 16.8. The largest absolute Gasteiger partial charge is 0.610 e. The topological polar surface area (TPSA) is 36.9 Å². The van der Waals surface area contributed by atoms with Crippen LogP contribution in [0.1, 0.15) is 19.8 Å². The van der Waals surface area contributed by atoms with Crippen molar-refractivity contribution in [3.63, 3.8) is 0 Å². The van der Waals surface area contributed by atoms with Gasteiger partial charge in [-0.15, -0.1) is 0 Å². The zero-order valence-corrected chi connectivity index (χ0v) is 6.49. The fourth-order valence-electron chi connectivity index (χ4n) is 0.612. The van der Waals surface area contributed by atoms with E-state index in [4.69, 9.17) is 13.8 Å². The molecule has 4 nitrogen and oxygen atoms in total. The third-order valence-electron chi connectivity index (χ3n) is 1.20. The maximum atomic E-state index is 5.14. The summed E-state index contributed by atoms with van der Waals surface area (Å²) in [6, 6.07) is 0. The molecule has 0 unspecified atom stereocenters. The van der Waals surface area contributed by atoms with Gasteiger partial charge in [0.05, 0.1) is 0 Å². The first-order valence-electron chi connectivity index (χ1n) is 3.65. The van der Waals surface area contributed by atoms with Crippen LogP contribution in [0.3, 0.4) is 0 Å². The molecule has 0 N–H and O–H groups in total. The average molecular weight is 154 g/mol. The van der Waals surface area contributed by atoms with Gasteiger partial charge in [-0.3, -0.25) is 0 Å². The van der Waals surface area contributed by atoms with E-state index in [2.05, 4.69) is 11.5 Å². The van der Waals surface area contributed by atoms with Gasteiger partial charge in [0.25, 0.3) is 0 Å². The molecule has 0 aliphatic carbocycles. The first kappa shape index (κ1) is 9.13. The number of hydrogen-bond acceptors (Lipinski definition) is 4. The average Bonchev–Trinajstić information content (AvgIpc) is 2.07. The summed E-state index contributed by atoms with van der Waals surface area (Å²) in [7, 11) is 1.73. The molecular weight excluding hydrogens is 144 g/mol. The molecule has 1 fully saturated rings. The summed E-state index contributed by atoms with van der Waals surface area (Å²) in [5.41, 5.74) is 0. The number of unbranched alkanes of at least 4 members (excludes halogenated alkanes) is 1. The molecule has 1 heterocycles. The summed E-state index contributed by atoms with van der Waals surface area (Å²) in [6.07, 6.45) is 2.10. The highest BCUT2D eigenvalue weighted by Crippen LogP contribution is 1.98. The minimum absolute atomic E-state index is 0.629. The lowest BCUT2D eigenvalue weighted by atomic mass is 10.1. The Labute approximate surface area is 68.3 Å². The molecule has 1 rings (SSSR count). The van der Waals surface area contributed by atoms with Crippen LogP contribution in [0.2, 0.25) is 0 Å². The zero-order valence-electron chi connectivity index (χ0n) is 6.49. The Hall–Kier alpha value is 0.0348. The van der Waals surface area contributed by atoms with E-state index in [-0.39, 0.29) is 0 Å². The third kappa shape index (κ3) is 3.81. The van der Waals surface area contributed by atoms with Crippen molar-refractivity contribution >= 4 is 22.7 Å². The van der Waals surface area contributed by atoms with E-state index in [0.717, 1.165) is 12.8 Å². The van der Waals surface area contributed by atoms with E-state index in [0.29, 0.717) is 6.61 Å². The lowest BCUT2D eigenvalue weighted by molar-refractivity contribution is 0.171. The first-order chi connectivity index (χ1) is 5.43.